The topological polar surface area (TPSA) is 41.9 Å². The summed E-state index contributed by atoms with van der Waals surface area (Å²) in [6.45, 7) is 2.58. The molecule has 144 valence electrons. The average Bonchev–Trinajstić information content (AvgIpc) is 3.29. The largest absolute Gasteiger partial charge is 0.489 e. The Morgan fingerprint density at radius 2 is 1.93 bits per heavy atom. The van der Waals surface area contributed by atoms with Gasteiger partial charge >= 0.3 is 0 Å². The quantitative estimate of drug-likeness (QED) is 0.811. The third kappa shape index (κ3) is 4.67. The highest BCUT2D eigenvalue weighted by Crippen LogP contribution is 2.33. The molecule has 1 heterocycles. The first-order chi connectivity index (χ1) is 13.2. The summed E-state index contributed by atoms with van der Waals surface area (Å²) in [5, 5.41) is 10.4. The summed E-state index contributed by atoms with van der Waals surface area (Å²) in [5.74, 6) is 0.426. The zero-order chi connectivity index (χ0) is 18.6. The number of likely N-dealkylation sites (tertiary alicyclic amines) is 1. The van der Waals surface area contributed by atoms with Gasteiger partial charge in [-0.2, -0.15) is 0 Å². The zero-order valence-corrected chi connectivity index (χ0v) is 15.4. The fraction of sp³-hybridized carbons (Fsp3) is 0.455. The van der Waals surface area contributed by atoms with Crippen molar-refractivity contribution in [1.29, 1.82) is 0 Å². The van der Waals surface area contributed by atoms with Gasteiger partial charge in [0.15, 0.2) is 0 Å². The van der Waals surface area contributed by atoms with Crippen molar-refractivity contribution in [3.63, 3.8) is 0 Å². The third-order valence-corrected chi connectivity index (χ3v) is 5.38. The van der Waals surface area contributed by atoms with Crippen LogP contribution in [0.4, 0.5) is 4.39 Å². The van der Waals surface area contributed by atoms with Gasteiger partial charge < -0.3 is 14.6 Å². The minimum Gasteiger partial charge on any atom is -0.489 e. The SMILES string of the molecule is OC(CO[C@@H]1CCc2ccccc21)CN1CCC(Oc2ccc(F)cc2)C1. The number of rotatable bonds is 7. The Hall–Kier alpha value is -1.95. The number of fused-ring (bicyclic) bond motifs is 1. The van der Waals surface area contributed by atoms with Gasteiger partial charge in [0.2, 0.25) is 0 Å². The lowest BCUT2D eigenvalue weighted by Gasteiger charge is -2.22. The number of aryl methyl sites for hydroxylation is 1. The number of halogens is 1. The average molecular weight is 371 g/mol. The molecule has 0 spiro atoms. The van der Waals surface area contributed by atoms with E-state index >= 15 is 0 Å². The molecule has 1 aliphatic carbocycles. The Balaban J connectivity index is 1.20. The van der Waals surface area contributed by atoms with Crippen LogP contribution in [-0.4, -0.2) is 48.5 Å². The Morgan fingerprint density at radius 1 is 1.11 bits per heavy atom. The summed E-state index contributed by atoms with van der Waals surface area (Å²) in [5.41, 5.74) is 2.62. The first-order valence-electron chi connectivity index (χ1n) is 9.69. The van der Waals surface area contributed by atoms with Gasteiger partial charge in [-0.1, -0.05) is 24.3 Å². The maximum Gasteiger partial charge on any atom is 0.123 e. The van der Waals surface area contributed by atoms with Crippen LogP contribution >= 0.6 is 0 Å². The number of aliphatic hydroxyl groups is 1. The van der Waals surface area contributed by atoms with Gasteiger partial charge in [-0.3, -0.25) is 4.90 Å². The van der Waals surface area contributed by atoms with Gasteiger partial charge in [0.05, 0.1) is 18.8 Å². The number of hydrogen-bond acceptors (Lipinski definition) is 4. The van der Waals surface area contributed by atoms with Crippen LogP contribution in [0.15, 0.2) is 48.5 Å². The van der Waals surface area contributed by atoms with E-state index in [1.165, 1.54) is 23.3 Å². The third-order valence-electron chi connectivity index (χ3n) is 5.38. The molecule has 1 N–H and O–H groups in total. The molecule has 2 aromatic rings. The van der Waals surface area contributed by atoms with E-state index in [0.717, 1.165) is 32.4 Å². The van der Waals surface area contributed by atoms with Crippen molar-refractivity contribution in [1.82, 2.24) is 4.90 Å². The Bertz CT molecular complexity index is 751. The second-order valence-electron chi connectivity index (χ2n) is 7.46. The molecule has 4 nitrogen and oxygen atoms in total. The molecule has 2 aromatic carbocycles. The zero-order valence-electron chi connectivity index (χ0n) is 15.4. The predicted molar refractivity (Wildman–Crippen MR) is 101 cm³/mol. The minimum atomic E-state index is -0.512. The molecule has 1 aliphatic heterocycles. The maximum absolute atomic E-state index is 13.0. The van der Waals surface area contributed by atoms with E-state index in [9.17, 15) is 9.50 Å². The highest BCUT2D eigenvalue weighted by Gasteiger charge is 2.27. The maximum atomic E-state index is 13.0. The molecule has 3 atom stereocenters. The number of β-amino-alcohol motifs (C(OH)–C–C–N with tert-alkyl or cyclic N) is 1. The number of hydrogen-bond donors (Lipinski definition) is 1. The van der Waals surface area contributed by atoms with Crippen molar-refractivity contribution in [2.45, 2.75) is 37.6 Å². The lowest BCUT2D eigenvalue weighted by atomic mass is 10.1. The van der Waals surface area contributed by atoms with Crippen molar-refractivity contribution < 1.29 is 19.0 Å². The number of ether oxygens (including phenoxy) is 2. The molecule has 0 aromatic heterocycles. The summed E-state index contributed by atoms with van der Waals surface area (Å²) in [6, 6.07) is 14.5. The van der Waals surface area contributed by atoms with Crippen LogP contribution in [0.2, 0.25) is 0 Å². The smallest absolute Gasteiger partial charge is 0.123 e. The van der Waals surface area contributed by atoms with Crippen molar-refractivity contribution in [3.05, 3.63) is 65.5 Å². The van der Waals surface area contributed by atoms with E-state index in [2.05, 4.69) is 23.1 Å². The van der Waals surface area contributed by atoms with Crippen LogP contribution in [0.1, 0.15) is 30.1 Å². The lowest BCUT2D eigenvalue weighted by Crippen LogP contribution is -2.35. The van der Waals surface area contributed by atoms with Gasteiger partial charge in [0.25, 0.3) is 0 Å². The standard InChI is InChI=1S/C22H26FNO3/c23-17-6-8-19(9-7-17)27-20-11-12-24(14-20)13-18(25)15-26-22-10-5-16-3-1-2-4-21(16)22/h1-4,6-9,18,20,22,25H,5,10-15H2/t18?,20?,22-/m1/s1. The fourth-order valence-electron chi connectivity index (χ4n) is 4.03. The van der Waals surface area contributed by atoms with Crippen LogP contribution in [0, 0.1) is 5.82 Å². The summed E-state index contributed by atoms with van der Waals surface area (Å²) >= 11 is 0. The monoisotopic (exact) mass is 371 g/mol. The fourth-order valence-corrected chi connectivity index (χ4v) is 4.03. The molecular formula is C22H26FNO3. The van der Waals surface area contributed by atoms with Gasteiger partial charge in [-0.25, -0.2) is 4.39 Å². The molecule has 27 heavy (non-hydrogen) atoms. The lowest BCUT2D eigenvalue weighted by molar-refractivity contribution is -0.0200. The molecular weight excluding hydrogens is 345 g/mol. The first kappa shape index (κ1) is 18.4. The summed E-state index contributed by atoms with van der Waals surface area (Å²) < 4.78 is 24.9. The molecule has 0 amide bonds. The van der Waals surface area contributed by atoms with E-state index in [1.807, 2.05) is 6.07 Å². The van der Waals surface area contributed by atoms with Gasteiger partial charge in [0, 0.05) is 19.6 Å². The Kier molecular flexibility index (Phi) is 5.72. The number of nitrogens with zero attached hydrogens (tertiary/aromatic N) is 1. The first-order valence-corrected chi connectivity index (χ1v) is 9.69. The minimum absolute atomic E-state index is 0.0743. The molecule has 0 radical (unpaired) electrons. The van der Waals surface area contributed by atoms with E-state index in [4.69, 9.17) is 9.47 Å². The summed E-state index contributed by atoms with van der Waals surface area (Å²) in [6.07, 6.45) is 2.60. The van der Waals surface area contributed by atoms with Crippen LogP contribution in [0.5, 0.6) is 5.75 Å². The normalized spacial score (nSPS) is 23.3. The molecule has 5 heteroatoms. The van der Waals surface area contributed by atoms with Crippen LogP contribution in [-0.2, 0) is 11.2 Å². The second-order valence-corrected chi connectivity index (χ2v) is 7.46. The molecule has 2 unspecified atom stereocenters. The molecule has 2 aliphatic rings. The molecule has 1 saturated heterocycles. The highest BCUT2D eigenvalue weighted by atomic mass is 19.1. The molecule has 0 saturated carbocycles. The summed E-state index contributed by atoms with van der Waals surface area (Å²) in [4.78, 5) is 2.20. The van der Waals surface area contributed by atoms with Crippen LogP contribution in [0.3, 0.4) is 0 Å². The van der Waals surface area contributed by atoms with E-state index in [1.54, 1.807) is 12.1 Å². The van der Waals surface area contributed by atoms with E-state index in [0.29, 0.717) is 18.9 Å². The van der Waals surface area contributed by atoms with Gasteiger partial charge in [0.1, 0.15) is 17.7 Å². The van der Waals surface area contributed by atoms with Gasteiger partial charge in [-0.15, -0.1) is 0 Å². The van der Waals surface area contributed by atoms with Crippen LogP contribution in [0.25, 0.3) is 0 Å². The van der Waals surface area contributed by atoms with Crippen molar-refractivity contribution >= 4 is 0 Å². The molecule has 1 fully saturated rings. The van der Waals surface area contributed by atoms with E-state index in [-0.39, 0.29) is 18.0 Å². The second kappa shape index (κ2) is 8.38. The van der Waals surface area contributed by atoms with Crippen LogP contribution < -0.4 is 4.74 Å². The molecule has 4 rings (SSSR count). The Labute approximate surface area is 159 Å². The highest BCUT2D eigenvalue weighted by molar-refractivity contribution is 5.33. The molecule has 0 bridgehead atoms. The number of benzene rings is 2. The predicted octanol–water partition coefficient (Wildman–Crippen LogP) is 3.34. The Morgan fingerprint density at radius 3 is 2.78 bits per heavy atom. The van der Waals surface area contributed by atoms with Crippen molar-refractivity contribution in [2.75, 3.05) is 26.2 Å². The van der Waals surface area contributed by atoms with Crippen molar-refractivity contribution in [3.8, 4) is 5.75 Å². The van der Waals surface area contributed by atoms with E-state index < -0.39 is 6.10 Å². The van der Waals surface area contributed by atoms with Gasteiger partial charge in [-0.05, 0) is 54.7 Å². The number of aliphatic hydroxyl groups excluding tert-OH is 1. The van der Waals surface area contributed by atoms with Crippen molar-refractivity contribution in [2.24, 2.45) is 0 Å². The summed E-state index contributed by atoms with van der Waals surface area (Å²) in [7, 11) is 0.